The molecule has 16 rings (SSSR count). The van der Waals surface area contributed by atoms with Crippen LogP contribution in [0, 0.1) is 55.4 Å². The van der Waals surface area contributed by atoms with Gasteiger partial charge in [0.1, 0.15) is 73.0 Å². The summed E-state index contributed by atoms with van der Waals surface area (Å²) in [6, 6.07) is 10.6. The molecule has 8 saturated heterocycles. The minimum absolute atomic E-state index is 0.786. The first-order chi connectivity index (χ1) is 52.9. The van der Waals surface area contributed by atoms with Crippen molar-refractivity contribution < 1.29 is 169 Å². The molecule has 596 valence electrons. The standard InChI is InChI=1S/C21H25N2.C15H25N2.C9H17N2.C7H13N2.4C4BO8/c1-14-9-16(3)20(17(4)10-14)22-7-8-23(13-22)21-18(5)11-15(2)12-19(21)6;1-3-7-14(8-4-1)16-11-12-17(13-16)15-9-5-2-6-10-15;1-4-5-6-11-8-7-10(3)9(11)2;1-4-9-6-5-8(3)7(9)2;4*6-1-2(7)11-5(10-1)12-3(8)4(9)13-5/h7-13H,1-6H3;11-15H,1-10H2;7-8H,4-6H2,1-3H3;5-6H,4H2,1-3H3;;;;/q4*+1;4*-1. The maximum absolute atomic E-state index is 10.5. The molecular formula is C68H80B4N8O32. The number of rotatable bonds is 8. The molecule has 2 saturated carbocycles. The van der Waals surface area contributed by atoms with E-state index in [0.29, 0.717) is 0 Å². The molecule has 0 unspecified atom stereocenters. The first-order valence-electron chi connectivity index (χ1n) is 35.5. The van der Waals surface area contributed by atoms with Crippen LogP contribution in [0.5, 0.6) is 0 Å². The molecule has 44 heteroatoms. The van der Waals surface area contributed by atoms with Crippen molar-refractivity contribution in [2.75, 3.05) is 0 Å². The fourth-order valence-electron chi connectivity index (χ4n) is 12.9. The zero-order valence-electron chi connectivity index (χ0n) is 63.1. The third-order valence-corrected chi connectivity index (χ3v) is 18.3. The molecule has 0 atom stereocenters. The lowest BCUT2D eigenvalue weighted by Gasteiger charge is -2.21. The third-order valence-electron chi connectivity index (χ3n) is 18.3. The summed E-state index contributed by atoms with van der Waals surface area (Å²) in [4.78, 5) is 168. The number of unbranched alkanes of at least 4 members (excludes halogenated alkanes) is 1. The largest absolute Gasteiger partial charge is 0.786 e. The summed E-state index contributed by atoms with van der Waals surface area (Å²) in [5, 5.41) is 0. The molecule has 40 nitrogen and oxygen atoms in total. The second-order valence-electron chi connectivity index (χ2n) is 26.7. The fraction of sp³-hybridized carbons (Fsp3) is 0.412. The van der Waals surface area contributed by atoms with Crippen molar-refractivity contribution in [2.45, 2.75) is 171 Å². The predicted molar refractivity (Wildman–Crippen MR) is 366 cm³/mol. The van der Waals surface area contributed by atoms with Crippen LogP contribution in [0.25, 0.3) is 11.4 Å². The van der Waals surface area contributed by atoms with Crippen molar-refractivity contribution in [1.29, 1.82) is 0 Å². The molecule has 0 amide bonds. The Morgan fingerprint density at radius 2 is 0.679 bits per heavy atom. The van der Waals surface area contributed by atoms with Gasteiger partial charge in [0.05, 0.1) is 27.2 Å². The summed E-state index contributed by atoms with van der Waals surface area (Å²) in [7, 11) is 4.14. The second kappa shape index (κ2) is 34.7. The number of benzene rings is 2. The third kappa shape index (κ3) is 19.7. The molecule has 4 aromatic heterocycles. The second-order valence-corrected chi connectivity index (χ2v) is 26.7. The molecule has 10 aliphatic rings. The highest BCUT2D eigenvalue weighted by atomic mass is 17.0. The van der Waals surface area contributed by atoms with Crippen molar-refractivity contribution in [2.24, 2.45) is 14.1 Å². The van der Waals surface area contributed by atoms with Crippen LogP contribution in [0.3, 0.4) is 0 Å². The number of aromatic nitrogens is 8. The number of hydrogen-bond donors (Lipinski definition) is 0. The molecule has 0 bridgehead atoms. The lowest BCUT2D eigenvalue weighted by Crippen LogP contribution is -2.40. The zero-order valence-corrected chi connectivity index (χ0v) is 63.1. The summed E-state index contributed by atoms with van der Waals surface area (Å²) in [5.74, 6) is -19.3. The van der Waals surface area contributed by atoms with Crippen molar-refractivity contribution in [3.05, 3.63) is 132 Å². The number of aryl methyl sites for hydroxylation is 10. The van der Waals surface area contributed by atoms with Crippen LogP contribution in [-0.4, -0.2) is 142 Å². The quantitative estimate of drug-likeness (QED) is 0.116. The topological polar surface area (TPSA) is 456 Å². The van der Waals surface area contributed by atoms with Gasteiger partial charge in [-0.1, -0.05) is 61.6 Å². The van der Waals surface area contributed by atoms with E-state index in [-0.39, 0.29) is 0 Å². The molecular weight excluding hydrogens is 1480 g/mol. The van der Waals surface area contributed by atoms with Gasteiger partial charge in [0, 0.05) is 13.8 Å². The van der Waals surface area contributed by atoms with Crippen LogP contribution in [0.15, 0.2) is 86.5 Å². The van der Waals surface area contributed by atoms with Gasteiger partial charge in [-0.15, -0.1) is 0 Å². The Balaban J connectivity index is 0.000000149. The fourth-order valence-corrected chi connectivity index (χ4v) is 12.9. The average molecular weight is 1560 g/mol. The molecule has 2 aromatic carbocycles. The maximum Gasteiger partial charge on any atom is 0.786 e. The Kier molecular flexibility index (Phi) is 25.8. The van der Waals surface area contributed by atoms with Gasteiger partial charge < -0.3 is 74.5 Å². The number of hydrogen-bond acceptors (Lipinski definition) is 32. The Bertz CT molecular complexity index is 4090. The molecule has 6 aromatic rings. The molecule has 4 spiro atoms. The average Bonchev–Trinajstić information content (AvgIpc) is 1.63. The van der Waals surface area contributed by atoms with E-state index in [9.17, 15) is 76.7 Å². The SMILES string of the molecule is CCCCn1cc[n+](C)c1C.CCn1cc[n+](C)c1C.Cc1cc(C)c(-n2cc[n+](-c3c(C)cc(C)cc3C)c2)c(C)c1.O=C1O[B-]2(OC1=O)OC(=O)C(=O)O2.O=C1O[B-]2(OC1=O)OC(=O)C(=O)O2.O=C1O[B-]2(OC1=O)OC(=O)C(=O)O2.O=C1O[B-]2(OC1=O)OC(=O)C(=O)O2.c1c[n+](C2CCCCC2)cn1C1CCCCC1. The van der Waals surface area contributed by atoms with Gasteiger partial charge in [0.15, 0.2) is 0 Å². The molecule has 2 aliphatic carbocycles. The van der Waals surface area contributed by atoms with Gasteiger partial charge >= 0.3 is 123 Å². The summed E-state index contributed by atoms with van der Waals surface area (Å²) in [6.45, 7) is 10.7. The van der Waals surface area contributed by atoms with Gasteiger partial charge in [-0.25, -0.2) is 113 Å². The summed E-state index contributed by atoms with van der Waals surface area (Å²) in [5.41, 5.74) is 10.4. The molecule has 12 heterocycles. The number of carbonyl (C=O) groups is 16. The van der Waals surface area contributed by atoms with E-state index in [2.05, 4.69) is 281 Å². The number of imidazole rings is 4. The minimum atomic E-state index is -3.30. The smallest absolute Gasteiger partial charge is 0.576 e. The Morgan fingerprint density at radius 1 is 0.366 bits per heavy atom. The molecule has 112 heavy (non-hydrogen) atoms. The highest BCUT2D eigenvalue weighted by molar-refractivity contribution is 6.76. The Morgan fingerprint density at radius 3 is 0.973 bits per heavy atom. The van der Waals surface area contributed by atoms with E-state index in [1.807, 2.05) is 0 Å². The normalized spacial score (nSPS) is 18.9. The van der Waals surface area contributed by atoms with E-state index >= 15 is 0 Å². The van der Waals surface area contributed by atoms with Gasteiger partial charge in [-0.05, 0) is 129 Å². The predicted octanol–water partition coefficient (Wildman–Crippen LogP) is 0.941. The van der Waals surface area contributed by atoms with Crippen molar-refractivity contribution >= 4 is 123 Å². The molecule has 0 radical (unpaired) electrons. The van der Waals surface area contributed by atoms with Crippen LogP contribution < -0.4 is 18.3 Å². The van der Waals surface area contributed by atoms with Crippen LogP contribution >= 0.6 is 0 Å². The zero-order chi connectivity index (χ0) is 81.9. The highest BCUT2D eigenvalue weighted by Gasteiger charge is 2.63. The first-order valence-corrected chi connectivity index (χ1v) is 35.5. The maximum atomic E-state index is 10.5. The molecule has 8 aliphatic heterocycles. The lowest BCUT2D eigenvalue weighted by molar-refractivity contribution is -0.725. The van der Waals surface area contributed by atoms with E-state index in [4.69, 9.17) is 0 Å². The van der Waals surface area contributed by atoms with Gasteiger partial charge in [-0.3, -0.25) is 0 Å². The highest BCUT2D eigenvalue weighted by Crippen LogP contribution is 2.31. The van der Waals surface area contributed by atoms with Crippen LogP contribution in [0.2, 0.25) is 0 Å². The lowest BCUT2D eigenvalue weighted by atomic mass is 9.95. The van der Waals surface area contributed by atoms with E-state index in [0.717, 1.165) is 25.2 Å². The van der Waals surface area contributed by atoms with Crippen LogP contribution in [-0.2, 0) is 178 Å². The number of nitrogens with zero attached hydrogens (tertiary/aromatic N) is 8. The van der Waals surface area contributed by atoms with E-state index in [1.165, 1.54) is 133 Å². The van der Waals surface area contributed by atoms with Crippen molar-refractivity contribution in [1.82, 2.24) is 18.3 Å². The monoisotopic (exact) mass is 1560 g/mol. The summed E-state index contributed by atoms with van der Waals surface area (Å²) >= 11 is 0. The summed E-state index contributed by atoms with van der Waals surface area (Å²) < 4.78 is 84.2. The van der Waals surface area contributed by atoms with E-state index < -0.39 is 123 Å². The molecule has 0 N–H and O–H groups in total. The van der Waals surface area contributed by atoms with E-state index in [1.54, 1.807) is 0 Å². The molecule has 10 fully saturated rings. The minimum Gasteiger partial charge on any atom is -0.576 e. The Hall–Kier alpha value is -12.9. The van der Waals surface area contributed by atoms with Crippen molar-refractivity contribution in [3.63, 3.8) is 0 Å². The van der Waals surface area contributed by atoms with Crippen LogP contribution in [0.1, 0.15) is 148 Å². The first kappa shape index (κ1) is 83.1. The van der Waals surface area contributed by atoms with Gasteiger partial charge in [0.2, 0.25) is 6.33 Å². The van der Waals surface area contributed by atoms with Crippen LogP contribution in [0.4, 0.5) is 0 Å². The number of carbonyl (C=O) groups excluding carboxylic acids is 16. The Labute approximate surface area is 637 Å². The van der Waals surface area contributed by atoms with Gasteiger partial charge in [0.25, 0.3) is 18.0 Å². The summed E-state index contributed by atoms with van der Waals surface area (Å²) in [6.07, 6.45) is 38.5. The van der Waals surface area contributed by atoms with Crippen molar-refractivity contribution in [3.8, 4) is 11.4 Å². The van der Waals surface area contributed by atoms with Gasteiger partial charge in [-0.2, -0.15) is 0 Å².